The SMILES string of the molecule is Cn1nnc(CNC(c2ccccc2)c2ccccc2)n1. The van der Waals surface area contributed by atoms with Gasteiger partial charge in [0.05, 0.1) is 19.6 Å². The molecule has 0 aliphatic carbocycles. The van der Waals surface area contributed by atoms with Crippen molar-refractivity contribution in [3.63, 3.8) is 0 Å². The average molecular weight is 279 g/mol. The molecule has 21 heavy (non-hydrogen) atoms. The summed E-state index contributed by atoms with van der Waals surface area (Å²) in [4.78, 5) is 1.47. The molecule has 0 atom stereocenters. The number of aryl methyl sites for hydroxylation is 1. The number of nitrogens with zero attached hydrogens (tertiary/aromatic N) is 4. The summed E-state index contributed by atoms with van der Waals surface area (Å²) in [6, 6.07) is 20.8. The van der Waals surface area contributed by atoms with Crippen molar-refractivity contribution in [1.82, 2.24) is 25.5 Å². The van der Waals surface area contributed by atoms with Crippen LogP contribution < -0.4 is 5.32 Å². The molecule has 0 unspecified atom stereocenters. The van der Waals surface area contributed by atoms with Crippen molar-refractivity contribution in [2.45, 2.75) is 12.6 Å². The van der Waals surface area contributed by atoms with Crippen molar-refractivity contribution >= 4 is 0 Å². The van der Waals surface area contributed by atoms with Crippen molar-refractivity contribution in [1.29, 1.82) is 0 Å². The van der Waals surface area contributed by atoms with Crippen molar-refractivity contribution in [2.24, 2.45) is 7.05 Å². The van der Waals surface area contributed by atoms with Crippen LogP contribution in [0.2, 0.25) is 0 Å². The molecule has 0 saturated carbocycles. The molecule has 0 bridgehead atoms. The Bertz CT molecular complexity index is 639. The van der Waals surface area contributed by atoms with E-state index in [0.29, 0.717) is 12.4 Å². The number of hydrogen-bond acceptors (Lipinski definition) is 4. The quantitative estimate of drug-likeness (QED) is 0.777. The number of aromatic nitrogens is 4. The highest BCUT2D eigenvalue weighted by Gasteiger charge is 2.14. The van der Waals surface area contributed by atoms with Gasteiger partial charge in [-0.15, -0.1) is 10.2 Å². The highest BCUT2D eigenvalue weighted by Crippen LogP contribution is 2.21. The van der Waals surface area contributed by atoms with Gasteiger partial charge in [0.25, 0.3) is 0 Å². The Morgan fingerprint density at radius 2 is 1.52 bits per heavy atom. The summed E-state index contributed by atoms with van der Waals surface area (Å²) in [5.74, 6) is 0.689. The second kappa shape index (κ2) is 6.28. The van der Waals surface area contributed by atoms with Crippen LogP contribution in [0.5, 0.6) is 0 Å². The van der Waals surface area contributed by atoms with E-state index in [-0.39, 0.29) is 6.04 Å². The summed E-state index contributed by atoms with van der Waals surface area (Å²) in [5.41, 5.74) is 2.43. The fraction of sp³-hybridized carbons (Fsp3) is 0.188. The van der Waals surface area contributed by atoms with Crippen molar-refractivity contribution in [3.05, 3.63) is 77.6 Å². The number of rotatable bonds is 5. The van der Waals surface area contributed by atoms with E-state index in [1.807, 2.05) is 36.4 Å². The molecule has 0 amide bonds. The van der Waals surface area contributed by atoms with E-state index < -0.39 is 0 Å². The van der Waals surface area contributed by atoms with Crippen molar-refractivity contribution in [2.75, 3.05) is 0 Å². The molecule has 1 heterocycles. The monoisotopic (exact) mass is 279 g/mol. The van der Waals surface area contributed by atoms with E-state index in [2.05, 4.69) is 45.0 Å². The van der Waals surface area contributed by atoms with Gasteiger partial charge in [0.2, 0.25) is 0 Å². The number of benzene rings is 2. The first kappa shape index (κ1) is 13.5. The van der Waals surface area contributed by atoms with Crippen LogP contribution in [0.15, 0.2) is 60.7 Å². The summed E-state index contributed by atoms with van der Waals surface area (Å²) in [6.45, 7) is 0.572. The molecule has 0 fully saturated rings. The Labute approximate surface area is 123 Å². The Morgan fingerprint density at radius 3 is 2.00 bits per heavy atom. The first-order chi connectivity index (χ1) is 10.3. The molecule has 0 aliphatic rings. The molecular weight excluding hydrogens is 262 g/mol. The third-order valence-corrected chi connectivity index (χ3v) is 3.28. The zero-order chi connectivity index (χ0) is 14.5. The van der Waals surface area contributed by atoms with Gasteiger partial charge in [-0.25, -0.2) is 0 Å². The van der Waals surface area contributed by atoms with Crippen LogP contribution in [0.25, 0.3) is 0 Å². The second-order valence-electron chi connectivity index (χ2n) is 4.83. The van der Waals surface area contributed by atoms with Crippen LogP contribution in [-0.2, 0) is 13.6 Å². The predicted octanol–water partition coefficient (Wildman–Crippen LogP) is 2.09. The van der Waals surface area contributed by atoms with E-state index >= 15 is 0 Å². The fourth-order valence-electron chi connectivity index (χ4n) is 2.31. The Balaban J connectivity index is 1.83. The molecule has 1 aromatic heterocycles. The summed E-state index contributed by atoms with van der Waals surface area (Å²) in [6.07, 6.45) is 0. The normalized spacial score (nSPS) is 11.0. The first-order valence-electron chi connectivity index (χ1n) is 6.89. The highest BCUT2D eigenvalue weighted by atomic mass is 15.6. The molecule has 1 N–H and O–H groups in total. The van der Waals surface area contributed by atoms with E-state index in [9.17, 15) is 0 Å². The first-order valence-corrected chi connectivity index (χ1v) is 6.89. The van der Waals surface area contributed by atoms with Gasteiger partial charge in [0, 0.05) is 0 Å². The van der Waals surface area contributed by atoms with Crippen LogP contribution in [0.1, 0.15) is 23.0 Å². The van der Waals surface area contributed by atoms with Gasteiger partial charge in [-0.3, -0.25) is 5.32 Å². The van der Waals surface area contributed by atoms with E-state index in [0.717, 1.165) is 0 Å². The van der Waals surface area contributed by atoms with Crippen LogP contribution >= 0.6 is 0 Å². The molecule has 0 spiro atoms. The molecule has 0 saturated heterocycles. The Morgan fingerprint density at radius 1 is 0.952 bits per heavy atom. The number of tetrazole rings is 1. The third kappa shape index (κ3) is 3.32. The number of nitrogens with one attached hydrogen (secondary N) is 1. The lowest BCUT2D eigenvalue weighted by Crippen LogP contribution is -2.22. The maximum atomic E-state index is 4.20. The van der Waals surface area contributed by atoms with Gasteiger partial charge in [-0.05, 0) is 16.3 Å². The third-order valence-electron chi connectivity index (χ3n) is 3.28. The number of hydrogen-bond donors (Lipinski definition) is 1. The molecule has 2 aromatic carbocycles. The zero-order valence-corrected chi connectivity index (χ0v) is 11.8. The smallest absolute Gasteiger partial charge is 0.188 e. The zero-order valence-electron chi connectivity index (χ0n) is 11.8. The highest BCUT2D eigenvalue weighted by molar-refractivity contribution is 5.31. The lowest BCUT2D eigenvalue weighted by Gasteiger charge is -2.19. The molecule has 5 nitrogen and oxygen atoms in total. The average Bonchev–Trinajstić information content (AvgIpc) is 2.95. The minimum Gasteiger partial charge on any atom is -0.299 e. The van der Waals surface area contributed by atoms with Gasteiger partial charge in [0.1, 0.15) is 0 Å². The molecule has 5 heteroatoms. The minimum atomic E-state index is 0.108. The summed E-state index contributed by atoms with van der Waals surface area (Å²) < 4.78 is 0. The summed E-state index contributed by atoms with van der Waals surface area (Å²) in [5, 5.41) is 15.6. The largest absolute Gasteiger partial charge is 0.299 e. The van der Waals surface area contributed by atoms with Crippen molar-refractivity contribution < 1.29 is 0 Å². The van der Waals surface area contributed by atoms with Gasteiger partial charge in [-0.1, -0.05) is 60.7 Å². The molecule has 3 rings (SSSR count). The topological polar surface area (TPSA) is 55.6 Å². The van der Waals surface area contributed by atoms with Gasteiger partial charge < -0.3 is 0 Å². The van der Waals surface area contributed by atoms with E-state index in [4.69, 9.17) is 0 Å². The van der Waals surface area contributed by atoms with Gasteiger partial charge in [0.15, 0.2) is 5.82 Å². The maximum absolute atomic E-state index is 4.20. The lowest BCUT2D eigenvalue weighted by molar-refractivity contribution is 0.580. The molecule has 0 aliphatic heterocycles. The van der Waals surface area contributed by atoms with Crippen molar-refractivity contribution in [3.8, 4) is 0 Å². The van der Waals surface area contributed by atoms with E-state index in [1.165, 1.54) is 15.9 Å². The van der Waals surface area contributed by atoms with Crippen LogP contribution in [0, 0.1) is 0 Å². The second-order valence-corrected chi connectivity index (χ2v) is 4.83. The van der Waals surface area contributed by atoms with Gasteiger partial charge >= 0.3 is 0 Å². The summed E-state index contributed by atoms with van der Waals surface area (Å²) in [7, 11) is 1.77. The molecule has 3 aromatic rings. The molecular formula is C16H17N5. The minimum absolute atomic E-state index is 0.108. The van der Waals surface area contributed by atoms with Gasteiger partial charge in [-0.2, -0.15) is 4.80 Å². The maximum Gasteiger partial charge on any atom is 0.188 e. The van der Waals surface area contributed by atoms with Crippen LogP contribution in [0.3, 0.4) is 0 Å². The lowest BCUT2D eigenvalue weighted by atomic mass is 9.99. The molecule has 0 radical (unpaired) electrons. The molecule has 106 valence electrons. The Hall–Kier alpha value is -2.53. The predicted molar refractivity (Wildman–Crippen MR) is 80.4 cm³/mol. The summed E-state index contributed by atoms with van der Waals surface area (Å²) >= 11 is 0. The van der Waals surface area contributed by atoms with Crippen LogP contribution in [-0.4, -0.2) is 20.2 Å². The van der Waals surface area contributed by atoms with Crippen LogP contribution in [0.4, 0.5) is 0 Å². The Kier molecular flexibility index (Phi) is 4.02. The van der Waals surface area contributed by atoms with E-state index in [1.54, 1.807) is 7.05 Å². The standard InChI is InChI=1S/C16H17N5/c1-21-19-15(18-20-21)12-17-16(13-8-4-2-5-9-13)14-10-6-3-7-11-14/h2-11,16-17H,12H2,1H3. The fourth-order valence-corrected chi connectivity index (χ4v) is 2.31.